The highest BCUT2D eigenvalue weighted by molar-refractivity contribution is 6.24. The Morgan fingerprint density at radius 3 is 1.31 bits per heavy atom. The van der Waals surface area contributed by atoms with Crippen LogP contribution in [0.5, 0.6) is 0 Å². The highest BCUT2D eigenvalue weighted by Gasteiger charge is 2.14. The van der Waals surface area contributed by atoms with Crippen molar-refractivity contribution in [2.75, 3.05) is 0 Å². The zero-order chi connectivity index (χ0) is 24.5. The van der Waals surface area contributed by atoms with Gasteiger partial charge in [0.2, 0.25) is 0 Å². The van der Waals surface area contributed by atoms with Crippen molar-refractivity contribution in [3.63, 3.8) is 0 Å². The van der Waals surface area contributed by atoms with Gasteiger partial charge in [-0.05, 0) is 93.7 Å². The second-order valence-electron chi connectivity index (χ2n) is 9.17. The summed E-state index contributed by atoms with van der Waals surface area (Å²) in [6, 6.07) is 37.9. The van der Waals surface area contributed by atoms with Crippen molar-refractivity contribution >= 4 is 32.3 Å². The predicted octanol–water partition coefficient (Wildman–Crippen LogP) is 8.56. The molecule has 168 valence electrons. The minimum atomic E-state index is 1.02. The maximum atomic E-state index is 3.48. The molecule has 6 rings (SSSR count). The van der Waals surface area contributed by atoms with Crippen LogP contribution < -0.4 is 0 Å². The van der Waals surface area contributed by atoms with Crippen molar-refractivity contribution in [1.29, 1.82) is 0 Å². The van der Waals surface area contributed by atoms with Gasteiger partial charge in [-0.3, -0.25) is 0 Å². The Morgan fingerprint density at radius 1 is 0.417 bits per heavy atom. The van der Waals surface area contributed by atoms with Crippen LogP contribution in [0.1, 0.15) is 33.4 Å². The second kappa shape index (κ2) is 9.11. The van der Waals surface area contributed by atoms with Gasteiger partial charge in [0.1, 0.15) is 0 Å². The van der Waals surface area contributed by atoms with Gasteiger partial charge in [-0.25, -0.2) is 0 Å². The Morgan fingerprint density at radius 2 is 0.861 bits per heavy atom. The molecule has 0 radical (unpaired) electrons. The second-order valence-corrected chi connectivity index (χ2v) is 9.17. The van der Waals surface area contributed by atoms with Crippen LogP contribution >= 0.6 is 0 Å². The van der Waals surface area contributed by atoms with Crippen molar-refractivity contribution in [3.8, 4) is 23.7 Å². The fraction of sp³-hybridized carbons (Fsp3) is 0.0556. The van der Waals surface area contributed by atoms with Gasteiger partial charge in [-0.2, -0.15) is 0 Å². The minimum absolute atomic E-state index is 1.02. The molecule has 0 unspecified atom stereocenters. The van der Waals surface area contributed by atoms with Gasteiger partial charge in [0.05, 0.1) is 0 Å². The Bertz CT molecular complexity index is 1750. The van der Waals surface area contributed by atoms with E-state index in [9.17, 15) is 0 Å². The zero-order valence-electron chi connectivity index (χ0n) is 20.4. The van der Waals surface area contributed by atoms with Crippen molar-refractivity contribution in [3.05, 3.63) is 143 Å². The topological polar surface area (TPSA) is 0 Å². The van der Waals surface area contributed by atoms with Gasteiger partial charge in [0.15, 0.2) is 0 Å². The first kappa shape index (κ1) is 21.7. The highest BCUT2D eigenvalue weighted by atomic mass is 14.2. The largest absolute Gasteiger partial charge is 0.0622 e. The molecule has 6 aromatic rings. The molecule has 0 N–H and O–H groups in total. The maximum Gasteiger partial charge on any atom is 0.0334 e. The molecule has 0 heteroatoms. The number of hydrogen-bond acceptors (Lipinski definition) is 0. The number of aryl methyl sites for hydroxylation is 2. The summed E-state index contributed by atoms with van der Waals surface area (Å²) in [5.41, 5.74) is 6.63. The molecule has 0 nitrogen and oxygen atoms in total. The molecule has 0 atom stereocenters. The average molecular weight is 457 g/mol. The third kappa shape index (κ3) is 3.90. The first-order chi connectivity index (χ1) is 17.7. The lowest BCUT2D eigenvalue weighted by atomic mass is 9.88. The first-order valence-electron chi connectivity index (χ1n) is 12.2. The van der Waals surface area contributed by atoms with Gasteiger partial charge in [0, 0.05) is 22.3 Å². The van der Waals surface area contributed by atoms with Crippen molar-refractivity contribution < 1.29 is 0 Å². The van der Waals surface area contributed by atoms with Crippen molar-refractivity contribution in [2.24, 2.45) is 0 Å². The number of rotatable bonds is 0. The molecular weight excluding hydrogens is 432 g/mol. The number of benzene rings is 6. The molecule has 0 bridgehead atoms. The molecule has 0 aliphatic carbocycles. The van der Waals surface area contributed by atoms with E-state index in [1.165, 1.54) is 43.4 Å². The SMILES string of the molecule is Cc1cccc2c(C#Cc3ccccc3)cc3cc(C#Cc4ccccc4)c4cccc(C)c4c3c12. The van der Waals surface area contributed by atoms with Crippen LogP contribution in [0.3, 0.4) is 0 Å². The number of hydrogen-bond donors (Lipinski definition) is 0. The van der Waals surface area contributed by atoms with Crippen LogP contribution in [-0.4, -0.2) is 0 Å². The summed E-state index contributed by atoms with van der Waals surface area (Å²) in [7, 11) is 0. The molecule has 0 amide bonds. The fourth-order valence-corrected chi connectivity index (χ4v) is 5.04. The molecule has 0 aliphatic heterocycles. The summed E-state index contributed by atoms with van der Waals surface area (Å²) in [5.74, 6) is 13.7. The van der Waals surface area contributed by atoms with Crippen molar-refractivity contribution in [2.45, 2.75) is 13.8 Å². The van der Waals surface area contributed by atoms with Crippen LogP contribution in [-0.2, 0) is 0 Å². The van der Waals surface area contributed by atoms with Gasteiger partial charge in [-0.15, -0.1) is 0 Å². The molecule has 0 saturated carbocycles. The van der Waals surface area contributed by atoms with E-state index in [1.807, 2.05) is 36.4 Å². The summed E-state index contributed by atoms with van der Waals surface area (Å²) in [4.78, 5) is 0. The summed E-state index contributed by atoms with van der Waals surface area (Å²) >= 11 is 0. The Labute approximate surface area is 212 Å². The Kier molecular flexibility index (Phi) is 5.50. The first-order valence-corrected chi connectivity index (χ1v) is 12.2. The van der Waals surface area contributed by atoms with E-state index in [0.717, 1.165) is 22.3 Å². The predicted molar refractivity (Wildman–Crippen MR) is 153 cm³/mol. The van der Waals surface area contributed by atoms with Crippen LogP contribution in [0.25, 0.3) is 32.3 Å². The lowest BCUT2D eigenvalue weighted by Crippen LogP contribution is -1.92. The summed E-state index contributed by atoms with van der Waals surface area (Å²) in [6.07, 6.45) is 0. The van der Waals surface area contributed by atoms with Gasteiger partial charge in [-0.1, -0.05) is 96.5 Å². The zero-order valence-corrected chi connectivity index (χ0v) is 20.4. The van der Waals surface area contributed by atoms with Crippen molar-refractivity contribution in [1.82, 2.24) is 0 Å². The van der Waals surface area contributed by atoms with Gasteiger partial charge < -0.3 is 0 Å². The van der Waals surface area contributed by atoms with Crippen LogP contribution in [0.4, 0.5) is 0 Å². The molecule has 0 fully saturated rings. The molecule has 0 aromatic heterocycles. The fourth-order valence-electron chi connectivity index (χ4n) is 5.04. The summed E-state index contributed by atoms with van der Waals surface area (Å²) in [6.45, 7) is 4.40. The molecule has 36 heavy (non-hydrogen) atoms. The molecular formula is C36H24. The highest BCUT2D eigenvalue weighted by Crippen LogP contribution is 2.38. The quantitative estimate of drug-likeness (QED) is 0.159. The van der Waals surface area contributed by atoms with Gasteiger partial charge >= 0.3 is 0 Å². The summed E-state index contributed by atoms with van der Waals surface area (Å²) in [5, 5.41) is 7.39. The minimum Gasteiger partial charge on any atom is -0.0622 e. The van der Waals surface area contributed by atoms with E-state index in [1.54, 1.807) is 0 Å². The molecule has 0 heterocycles. The van der Waals surface area contributed by atoms with E-state index >= 15 is 0 Å². The third-order valence-electron chi connectivity index (χ3n) is 6.74. The average Bonchev–Trinajstić information content (AvgIpc) is 2.91. The number of fused-ring (bicyclic) bond motifs is 5. The standard InChI is InChI=1S/C36H24/c1-25-11-9-17-32-29(21-19-27-13-5-3-6-14-27)23-31-24-30(22-20-28-15-7-4-8-16-28)33-18-10-12-26(2)35(33)36(31)34(25)32/h3-18,23-24H,1-2H3. The Hall–Kier alpha value is -4.78. The monoisotopic (exact) mass is 456 g/mol. The molecule has 6 aromatic carbocycles. The normalized spacial score (nSPS) is 10.6. The van der Waals surface area contributed by atoms with Crippen LogP contribution in [0, 0.1) is 37.5 Å². The lowest BCUT2D eigenvalue weighted by molar-refractivity contribution is 1.52. The molecule has 0 spiro atoms. The maximum absolute atomic E-state index is 3.48. The molecule has 0 aliphatic rings. The van der Waals surface area contributed by atoms with Crippen LogP contribution in [0.2, 0.25) is 0 Å². The molecule has 0 saturated heterocycles. The smallest absolute Gasteiger partial charge is 0.0334 e. The lowest BCUT2D eigenvalue weighted by Gasteiger charge is -2.15. The summed E-state index contributed by atoms with van der Waals surface area (Å²) < 4.78 is 0. The third-order valence-corrected chi connectivity index (χ3v) is 6.74. The van der Waals surface area contributed by atoms with Crippen LogP contribution in [0.15, 0.2) is 109 Å². The van der Waals surface area contributed by atoms with E-state index in [-0.39, 0.29) is 0 Å². The van der Waals surface area contributed by atoms with E-state index in [2.05, 4.69) is 110 Å². The Balaban J connectivity index is 1.71. The van der Waals surface area contributed by atoms with Gasteiger partial charge in [0.25, 0.3) is 0 Å². The van der Waals surface area contributed by atoms with E-state index in [4.69, 9.17) is 0 Å². The van der Waals surface area contributed by atoms with E-state index < -0.39 is 0 Å². The van der Waals surface area contributed by atoms with E-state index in [0.29, 0.717) is 0 Å².